The molecule has 3 rings (SSSR count). The molecule has 0 aliphatic heterocycles. The van der Waals surface area contributed by atoms with Gasteiger partial charge in [-0.05, 0) is 29.8 Å². The summed E-state index contributed by atoms with van der Waals surface area (Å²) in [5.41, 5.74) is 4.46. The highest BCUT2D eigenvalue weighted by Gasteiger charge is 2.19. The van der Waals surface area contributed by atoms with Crippen molar-refractivity contribution in [1.29, 1.82) is 0 Å². The van der Waals surface area contributed by atoms with Gasteiger partial charge < -0.3 is 4.42 Å². The summed E-state index contributed by atoms with van der Waals surface area (Å²) in [5.74, 6) is 6.42. The van der Waals surface area contributed by atoms with Gasteiger partial charge in [0.2, 0.25) is 0 Å². The smallest absolute Gasteiger partial charge is 0.134 e. The summed E-state index contributed by atoms with van der Waals surface area (Å²) in [5, 5.41) is 1.67. The van der Waals surface area contributed by atoms with Gasteiger partial charge in [0.05, 0.1) is 0 Å². The van der Waals surface area contributed by atoms with Crippen molar-refractivity contribution >= 4 is 38.5 Å². The summed E-state index contributed by atoms with van der Waals surface area (Å²) < 4.78 is 6.77. The molecule has 1 heterocycles. The van der Waals surface area contributed by atoms with Crippen molar-refractivity contribution in [2.45, 2.75) is 6.04 Å². The molecule has 3 nitrogen and oxygen atoms in total. The third kappa shape index (κ3) is 2.47. The first-order valence-electron chi connectivity index (χ1n) is 6.08. The minimum Gasteiger partial charge on any atom is -0.459 e. The molecule has 3 N–H and O–H groups in total. The summed E-state index contributed by atoms with van der Waals surface area (Å²) in [6, 6.07) is 15.2. The van der Waals surface area contributed by atoms with Crippen molar-refractivity contribution in [2.75, 3.05) is 0 Å². The summed E-state index contributed by atoms with van der Waals surface area (Å²) in [6.45, 7) is 0. The molecule has 0 bridgehead atoms. The van der Waals surface area contributed by atoms with E-state index in [2.05, 4.69) is 21.4 Å². The van der Waals surface area contributed by atoms with Crippen LogP contribution in [0.5, 0.6) is 0 Å². The van der Waals surface area contributed by atoms with E-state index in [1.54, 1.807) is 0 Å². The molecule has 3 aromatic rings. The number of hydrazine groups is 1. The lowest BCUT2D eigenvalue weighted by molar-refractivity contribution is 0.477. The number of nitrogens with one attached hydrogen (secondary N) is 1. The van der Waals surface area contributed by atoms with Gasteiger partial charge in [0.1, 0.15) is 17.4 Å². The zero-order valence-electron chi connectivity index (χ0n) is 10.4. The van der Waals surface area contributed by atoms with Crippen LogP contribution in [0.25, 0.3) is 11.0 Å². The van der Waals surface area contributed by atoms with Gasteiger partial charge in [-0.25, -0.2) is 5.43 Å². The lowest BCUT2D eigenvalue weighted by Crippen LogP contribution is -2.28. The Morgan fingerprint density at radius 3 is 2.65 bits per heavy atom. The minimum absolute atomic E-state index is 0.289. The van der Waals surface area contributed by atoms with E-state index in [9.17, 15) is 0 Å². The van der Waals surface area contributed by atoms with Gasteiger partial charge in [0, 0.05) is 14.9 Å². The molecule has 102 valence electrons. The first-order valence-corrected chi connectivity index (χ1v) is 7.25. The standard InChI is InChI=1S/C15H12BrClN2O/c16-10-5-6-11(12(17)8-10)15(19-18)14-7-9-3-1-2-4-13(9)20-14/h1-8,15,19H,18H2. The second kappa shape index (κ2) is 5.58. The van der Waals surface area contributed by atoms with Crippen molar-refractivity contribution in [1.82, 2.24) is 5.43 Å². The van der Waals surface area contributed by atoms with Crippen LogP contribution in [0.1, 0.15) is 17.4 Å². The second-order valence-corrected chi connectivity index (χ2v) is 5.77. The molecule has 0 amide bonds. The zero-order chi connectivity index (χ0) is 14.1. The maximum atomic E-state index is 6.28. The number of benzene rings is 2. The van der Waals surface area contributed by atoms with Crippen molar-refractivity contribution in [3.63, 3.8) is 0 Å². The third-order valence-electron chi connectivity index (χ3n) is 3.17. The molecule has 1 aromatic heterocycles. The van der Waals surface area contributed by atoms with Crippen molar-refractivity contribution in [2.24, 2.45) is 5.84 Å². The van der Waals surface area contributed by atoms with E-state index < -0.39 is 0 Å². The average Bonchev–Trinajstić information content (AvgIpc) is 2.85. The van der Waals surface area contributed by atoms with Crippen LogP contribution in [-0.2, 0) is 0 Å². The molecular weight excluding hydrogens is 340 g/mol. The Hall–Kier alpha value is -1.33. The van der Waals surface area contributed by atoms with Crippen molar-refractivity contribution in [3.8, 4) is 0 Å². The first-order chi connectivity index (χ1) is 9.69. The Labute approximate surface area is 129 Å². The Morgan fingerprint density at radius 2 is 1.95 bits per heavy atom. The van der Waals surface area contributed by atoms with Gasteiger partial charge >= 0.3 is 0 Å². The molecule has 5 heteroatoms. The predicted molar refractivity (Wildman–Crippen MR) is 84.5 cm³/mol. The van der Waals surface area contributed by atoms with Crippen LogP contribution in [0.15, 0.2) is 57.4 Å². The van der Waals surface area contributed by atoms with E-state index in [4.69, 9.17) is 21.9 Å². The van der Waals surface area contributed by atoms with Crippen molar-refractivity contribution < 1.29 is 4.42 Å². The average molecular weight is 352 g/mol. The summed E-state index contributed by atoms with van der Waals surface area (Å²) in [4.78, 5) is 0. The predicted octanol–water partition coefficient (Wildman–Crippen LogP) is 4.40. The molecule has 0 spiro atoms. The quantitative estimate of drug-likeness (QED) is 0.543. The number of fused-ring (bicyclic) bond motifs is 1. The highest BCUT2D eigenvalue weighted by molar-refractivity contribution is 9.10. The van der Waals surface area contributed by atoms with Gasteiger partial charge in [-0.15, -0.1) is 0 Å². The topological polar surface area (TPSA) is 51.2 Å². The van der Waals surface area contributed by atoms with Gasteiger partial charge in [-0.1, -0.05) is 51.8 Å². The molecule has 0 saturated carbocycles. The second-order valence-electron chi connectivity index (χ2n) is 4.45. The Morgan fingerprint density at radius 1 is 1.15 bits per heavy atom. The van der Waals surface area contributed by atoms with Crippen LogP contribution in [0, 0.1) is 0 Å². The number of rotatable bonds is 3. The maximum absolute atomic E-state index is 6.28. The van der Waals surface area contributed by atoms with Crippen LogP contribution < -0.4 is 11.3 Å². The summed E-state index contributed by atoms with van der Waals surface area (Å²) in [7, 11) is 0. The normalized spacial score (nSPS) is 12.8. The van der Waals surface area contributed by atoms with E-state index in [1.165, 1.54) is 0 Å². The monoisotopic (exact) mass is 350 g/mol. The molecule has 0 saturated heterocycles. The summed E-state index contributed by atoms with van der Waals surface area (Å²) in [6.07, 6.45) is 0. The fraction of sp³-hybridized carbons (Fsp3) is 0.0667. The summed E-state index contributed by atoms with van der Waals surface area (Å²) >= 11 is 9.68. The molecule has 20 heavy (non-hydrogen) atoms. The number of halogens is 2. The minimum atomic E-state index is -0.289. The number of para-hydroxylation sites is 1. The molecule has 0 fully saturated rings. The van der Waals surface area contributed by atoms with Crippen LogP contribution in [0.3, 0.4) is 0 Å². The largest absolute Gasteiger partial charge is 0.459 e. The molecule has 1 unspecified atom stereocenters. The zero-order valence-corrected chi connectivity index (χ0v) is 12.8. The highest BCUT2D eigenvalue weighted by Crippen LogP contribution is 2.32. The van der Waals surface area contributed by atoms with E-state index in [0.717, 1.165) is 26.8 Å². The van der Waals surface area contributed by atoms with E-state index in [1.807, 2.05) is 48.5 Å². The Kier molecular flexibility index (Phi) is 3.81. The molecule has 0 aliphatic carbocycles. The highest BCUT2D eigenvalue weighted by atomic mass is 79.9. The van der Waals surface area contributed by atoms with E-state index >= 15 is 0 Å². The number of nitrogens with two attached hydrogens (primary N) is 1. The Balaban J connectivity index is 2.08. The first kappa shape index (κ1) is 13.6. The van der Waals surface area contributed by atoms with Crippen molar-refractivity contribution in [3.05, 3.63) is 69.3 Å². The number of hydrogen-bond donors (Lipinski definition) is 2. The molecule has 0 radical (unpaired) electrons. The van der Waals surface area contributed by atoms with Gasteiger partial charge in [0.25, 0.3) is 0 Å². The molecule has 1 atom stereocenters. The lowest BCUT2D eigenvalue weighted by Gasteiger charge is -2.15. The van der Waals surface area contributed by atoms with Gasteiger partial charge in [-0.2, -0.15) is 0 Å². The third-order valence-corrected chi connectivity index (χ3v) is 3.99. The van der Waals surface area contributed by atoms with Gasteiger partial charge in [0.15, 0.2) is 0 Å². The van der Waals surface area contributed by atoms with Crippen LogP contribution >= 0.6 is 27.5 Å². The number of hydrogen-bond acceptors (Lipinski definition) is 3. The van der Waals surface area contributed by atoms with Crippen LogP contribution in [0.4, 0.5) is 0 Å². The lowest BCUT2D eigenvalue weighted by atomic mass is 10.0. The molecule has 2 aromatic carbocycles. The fourth-order valence-electron chi connectivity index (χ4n) is 2.21. The number of furan rings is 1. The molecule has 0 aliphatic rings. The van der Waals surface area contributed by atoms with Crippen LogP contribution in [-0.4, -0.2) is 0 Å². The maximum Gasteiger partial charge on any atom is 0.134 e. The Bertz CT molecular complexity index is 723. The SMILES string of the molecule is NNC(c1cc2ccccc2o1)c1ccc(Br)cc1Cl. The van der Waals surface area contributed by atoms with E-state index in [-0.39, 0.29) is 6.04 Å². The van der Waals surface area contributed by atoms with Gasteiger partial charge in [-0.3, -0.25) is 5.84 Å². The van der Waals surface area contributed by atoms with E-state index in [0.29, 0.717) is 5.02 Å². The fourth-order valence-corrected chi connectivity index (χ4v) is 2.99. The van der Waals surface area contributed by atoms with Crippen LogP contribution in [0.2, 0.25) is 5.02 Å². The molecular formula is C15H12BrClN2O.